The van der Waals surface area contributed by atoms with Crippen molar-refractivity contribution in [3.8, 4) is 0 Å². The van der Waals surface area contributed by atoms with Crippen molar-refractivity contribution in [2.75, 3.05) is 12.8 Å². The Kier molecular flexibility index (Phi) is 6.73. The Balaban J connectivity index is 1.24. The van der Waals surface area contributed by atoms with Gasteiger partial charge in [-0.3, -0.25) is 4.98 Å². The Morgan fingerprint density at radius 2 is 1.84 bits per heavy atom. The molecule has 3 aromatic rings. The van der Waals surface area contributed by atoms with Gasteiger partial charge in [-0.1, -0.05) is 36.4 Å². The van der Waals surface area contributed by atoms with Crippen molar-refractivity contribution in [1.82, 2.24) is 10.3 Å². The molecule has 5 heteroatoms. The summed E-state index contributed by atoms with van der Waals surface area (Å²) in [5, 5.41) is 4.87. The molecule has 1 N–H and O–H groups in total. The smallest absolute Gasteiger partial charge is 0.175 e. The average Bonchev–Trinajstić information content (AvgIpc) is 3.24. The molecule has 31 heavy (non-hydrogen) atoms. The molecule has 1 aromatic heterocycles. The van der Waals surface area contributed by atoms with Gasteiger partial charge < -0.3 is 5.32 Å². The summed E-state index contributed by atoms with van der Waals surface area (Å²) in [5.41, 5.74) is 3.63. The molecule has 1 aliphatic rings. The maximum atomic E-state index is 11.7. The van der Waals surface area contributed by atoms with E-state index in [-0.39, 0.29) is 6.04 Å². The fourth-order valence-electron chi connectivity index (χ4n) is 4.92. The summed E-state index contributed by atoms with van der Waals surface area (Å²) in [6.45, 7) is 3.23. The second kappa shape index (κ2) is 9.49. The molecule has 1 aliphatic carbocycles. The van der Waals surface area contributed by atoms with E-state index < -0.39 is 9.84 Å². The number of rotatable bonds is 8. The number of hydrogen-bond donors (Lipinski definition) is 1. The highest BCUT2D eigenvalue weighted by Crippen LogP contribution is 2.40. The number of fused-ring (bicyclic) bond motifs is 1. The molecule has 0 saturated heterocycles. The second-order valence-corrected chi connectivity index (χ2v) is 11.0. The van der Waals surface area contributed by atoms with E-state index in [9.17, 15) is 8.42 Å². The fraction of sp³-hybridized carbons (Fsp3) is 0.423. The van der Waals surface area contributed by atoms with Crippen LogP contribution in [0, 0.1) is 5.92 Å². The first-order valence-corrected chi connectivity index (χ1v) is 13.2. The predicted molar refractivity (Wildman–Crippen MR) is 127 cm³/mol. The normalized spacial score (nSPS) is 20.2. The lowest BCUT2D eigenvalue weighted by molar-refractivity contribution is 0.452. The lowest BCUT2D eigenvalue weighted by Crippen LogP contribution is -2.20. The van der Waals surface area contributed by atoms with Crippen molar-refractivity contribution in [2.24, 2.45) is 5.92 Å². The van der Waals surface area contributed by atoms with E-state index in [0.29, 0.717) is 10.8 Å². The molecule has 3 unspecified atom stereocenters. The summed E-state index contributed by atoms with van der Waals surface area (Å²) in [6, 6.07) is 18.3. The SMILES string of the molecule is CC(NCCCC1CCC(c2ccc(S(C)(=O)=O)cc2)C1)c1cccc2cccnc12. The van der Waals surface area contributed by atoms with Gasteiger partial charge in [0.05, 0.1) is 10.4 Å². The van der Waals surface area contributed by atoms with Crippen molar-refractivity contribution < 1.29 is 8.42 Å². The first-order valence-electron chi connectivity index (χ1n) is 11.3. The van der Waals surface area contributed by atoms with Gasteiger partial charge in [0.15, 0.2) is 9.84 Å². The minimum atomic E-state index is -3.12. The summed E-state index contributed by atoms with van der Waals surface area (Å²) in [5.74, 6) is 1.32. The van der Waals surface area contributed by atoms with Crippen LogP contribution in [0.3, 0.4) is 0 Å². The van der Waals surface area contributed by atoms with Gasteiger partial charge in [-0.2, -0.15) is 0 Å². The quantitative estimate of drug-likeness (QED) is 0.463. The van der Waals surface area contributed by atoms with E-state index in [1.54, 1.807) is 12.1 Å². The molecule has 1 saturated carbocycles. The average molecular weight is 437 g/mol. The maximum Gasteiger partial charge on any atom is 0.175 e. The molecule has 2 aromatic carbocycles. The summed E-state index contributed by atoms with van der Waals surface area (Å²) < 4.78 is 23.3. The zero-order valence-electron chi connectivity index (χ0n) is 18.4. The molecule has 1 heterocycles. The van der Waals surface area contributed by atoms with Crippen LogP contribution in [0.25, 0.3) is 10.9 Å². The molecule has 0 spiro atoms. The maximum absolute atomic E-state index is 11.7. The molecule has 0 bridgehead atoms. The van der Waals surface area contributed by atoms with E-state index in [4.69, 9.17) is 0 Å². The van der Waals surface area contributed by atoms with E-state index >= 15 is 0 Å². The first kappa shape index (κ1) is 22.0. The van der Waals surface area contributed by atoms with Crippen LogP contribution in [-0.4, -0.2) is 26.2 Å². The van der Waals surface area contributed by atoms with Gasteiger partial charge in [-0.05, 0) is 86.7 Å². The molecule has 164 valence electrons. The number of para-hydroxylation sites is 1. The van der Waals surface area contributed by atoms with Crippen LogP contribution in [0.2, 0.25) is 0 Å². The second-order valence-electron chi connectivity index (χ2n) is 8.96. The van der Waals surface area contributed by atoms with Crippen LogP contribution in [0.4, 0.5) is 0 Å². The van der Waals surface area contributed by atoms with E-state index in [1.165, 1.54) is 54.9 Å². The molecular formula is C26H32N2O2S. The van der Waals surface area contributed by atoms with Gasteiger partial charge in [-0.25, -0.2) is 8.42 Å². The van der Waals surface area contributed by atoms with Gasteiger partial charge in [0.25, 0.3) is 0 Å². The first-order chi connectivity index (χ1) is 14.9. The summed E-state index contributed by atoms with van der Waals surface area (Å²) in [6.07, 6.45) is 9.22. The van der Waals surface area contributed by atoms with Gasteiger partial charge in [0, 0.05) is 23.9 Å². The molecule has 3 atom stereocenters. The highest BCUT2D eigenvalue weighted by atomic mass is 32.2. The predicted octanol–water partition coefficient (Wildman–Crippen LogP) is 5.65. The van der Waals surface area contributed by atoms with Crippen molar-refractivity contribution in [3.63, 3.8) is 0 Å². The number of benzene rings is 2. The summed E-state index contributed by atoms with van der Waals surface area (Å²) >= 11 is 0. The van der Waals surface area contributed by atoms with Crippen LogP contribution in [-0.2, 0) is 9.84 Å². The molecule has 4 nitrogen and oxygen atoms in total. The Bertz CT molecular complexity index is 1120. The Morgan fingerprint density at radius 1 is 1.06 bits per heavy atom. The van der Waals surface area contributed by atoms with Crippen molar-refractivity contribution in [3.05, 3.63) is 71.9 Å². The van der Waals surface area contributed by atoms with Crippen molar-refractivity contribution in [1.29, 1.82) is 0 Å². The highest BCUT2D eigenvalue weighted by Gasteiger charge is 2.25. The van der Waals surface area contributed by atoms with Crippen LogP contribution in [0.15, 0.2) is 65.7 Å². The van der Waals surface area contributed by atoms with Gasteiger partial charge in [0.1, 0.15) is 0 Å². The van der Waals surface area contributed by atoms with Crippen LogP contribution >= 0.6 is 0 Å². The standard InChI is InChI=1S/C26H32N2O2S/c1-19(25-9-3-7-22-8-5-17-28-26(22)25)27-16-4-6-20-10-11-23(18-20)21-12-14-24(15-13-21)31(2,29)30/h3,5,7-9,12-15,17,19-20,23,27H,4,6,10-11,16,18H2,1-2H3. The number of nitrogens with zero attached hydrogens (tertiary/aromatic N) is 1. The Hall–Kier alpha value is -2.24. The van der Waals surface area contributed by atoms with Gasteiger partial charge >= 0.3 is 0 Å². The van der Waals surface area contributed by atoms with E-state index in [0.717, 1.165) is 18.0 Å². The Labute approximate surface area is 186 Å². The number of hydrogen-bond acceptors (Lipinski definition) is 4. The number of sulfone groups is 1. The van der Waals surface area contributed by atoms with Crippen molar-refractivity contribution >= 4 is 20.7 Å². The minimum Gasteiger partial charge on any atom is -0.310 e. The third-order valence-electron chi connectivity index (χ3n) is 6.69. The number of nitrogens with one attached hydrogen (secondary N) is 1. The van der Waals surface area contributed by atoms with Crippen LogP contribution in [0.5, 0.6) is 0 Å². The Morgan fingerprint density at radius 3 is 2.61 bits per heavy atom. The fourth-order valence-corrected chi connectivity index (χ4v) is 5.55. The number of pyridine rings is 1. The van der Waals surface area contributed by atoms with E-state index in [1.807, 2.05) is 24.4 Å². The molecule has 0 amide bonds. The molecule has 0 radical (unpaired) electrons. The topological polar surface area (TPSA) is 59.1 Å². The lowest BCUT2D eigenvalue weighted by atomic mass is 9.95. The number of aromatic nitrogens is 1. The molecule has 1 fully saturated rings. The molecule has 4 rings (SSSR count). The zero-order valence-corrected chi connectivity index (χ0v) is 19.2. The van der Waals surface area contributed by atoms with Crippen molar-refractivity contribution in [2.45, 2.75) is 55.9 Å². The van der Waals surface area contributed by atoms with Gasteiger partial charge in [-0.15, -0.1) is 0 Å². The lowest BCUT2D eigenvalue weighted by Gasteiger charge is -2.17. The zero-order chi connectivity index (χ0) is 21.8. The summed E-state index contributed by atoms with van der Waals surface area (Å²) in [7, 11) is -3.12. The molecular weight excluding hydrogens is 404 g/mol. The third kappa shape index (κ3) is 5.34. The molecule has 0 aliphatic heterocycles. The minimum absolute atomic E-state index is 0.281. The largest absolute Gasteiger partial charge is 0.310 e. The highest BCUT2D eigenvalue weighted by molar-refractivity contribution is 7.90. The van der Waals surface area contributed by atoms with Gasteiger partial charge in [0.2, 0.25) is 0 Å². The van der Waals surface area contributed by atoms with E-state index in [2.05, 4.69) is 41.5 Å². The monoisotopic (exact) mass is 436 g/mol. The van der Waals surface area contributed by atoms with Crippen LogP contribution in [0.1, 0.15) is 62.1 Å². The third-order valence-corrected chi connectivity index (χ3v) is 7.82. The van der Waals surface area contributed by atoms with Crippen LogP contribution < -0.4 is 5.32 Å². The summed E-state index contributed by atoms with van der Waals surface area (Å²) in [4.78, 5) is 4.99.